The van der Waals surface area contributed by atoms with Crippen LogP contribution in [0.1, 0.15) is 17.5 Å². The Bertz CT molecular complexity index is 1250. The monoisotopic (exact) mass is 402 g/mol. The number of anilines is 1. The molecule has 0 unspecified atom stereocenters. The highest BCUT2D eigenvalue weighted by molar-refractivity contribution is 7.90. The largest absolute Gasteiger partial charge is 0.387 e. The number of para-hydroxylation sites is 1. The first-order chi connectivity index (χ1) is 13.9. The molecule has 3 aliphatic rings. The maximum atomic E-state index is 11.8. The van der Waals surface area contributed by atoms with Crippen LogP contribution in [0, 0.1) is 28.1 Å². The molecule has 0 amide bonds. The van der Waals surface area contributed by atoms with Crippen molar-refractivity contribution in [1.29, 1.82) is 10.5 Å². The van der Waals surface area contributed by atoms with E-state index in [9.17, 15) is 18.9 Å². The lowest BCUT2D eigenvalue weighted by Gasteiger charge is -2.31. The van der Waals surface area contributed by atoms with Crippen LogP contribution >= 0.6 is 0 Å². The zero-order valence-corrected chi connectivity index (χ0v) is 16.5. The Labute approximate surface area is 169 Å². The molecule has 6 nitrogen and oxygen atoms in total. The number of nitrogens with one attached hydrogen (secondary N) is 2. The second kappa shape index (κ2) is 5.62. The second-order valence-corrected chi connectivity index (χ2v) is 9.86. The minimum atomic E-state index is -3.33. The number of rotatable bonds is 2. The summed E-state index contributed by atoms with van der Waals surface area (Å²) in [5.74, 6) is 0. The predicted octanol–water partition coefficient (Wildman–Crippen LogP) is 2.57. The standard InChI is InChI=1S/C22H18N4O2S/c1-29(27,28)15-8-6-14(7-9-15)18-19-22(10-11-25-19)16-4-2-3-5-17(16)26-20(22)21(18,12-23)13-24/h2-9,20,25-26H,10-11H2,1H3/t20-,22+/m1/s1. The van der Waals surface area contributed by atoms with Gasteiger partial charge in [-0.1, -0.05) is 30.3 Å². The molecule has 2 atom stereocenters. The molecular formula is C22H18N4O2S. The molecule has 0 aromatic heterocycles. The van der Waals surface area contributed by atoms with Crippen molar-refractivity contribution in [3.05, 3.63) is 65.4 Å². The maximum Gasteiger partial charge on any atom is 0.191 e. The Morgan fingerprint density at radius 3 is 2.41 bits per heavy atom. The average molecular weight is 402 g/mol. The van der Waals surface area contributed by atoms with Gasteiger partial charge in [0.25, 0.3) is 0 Å². The fraction of sp³-hybridized carbons (Fsp3) is 0.273. The summed E-state index contributed by atoms with van der Waals surface area (Å²) in [5, 5.41) is 27.4. The summed E-state index contributed by atoms with van der Waals surface area (Å²) >= 11 is 0. The van der Waals surface area contributed by atoms with Crippen LogP contribution in [0.15, 0.2) is 59.1 Å². The van der Waals surface area contributed by atoms with Gasteiger partial charge in [0.1, 0.15) is 0 Å². The van der Waals surface area contributed by atoms with Crippen LogP contribution in [-0.4, -0.2) is 27.3 Å². The second-order valence-electron chi connectivity index (χ2n) is 7.85. The number of hydrogen-bond acceptors (Lipinski definition) is 6. The van der Waals surface area contributed by atoms with Gasteiger partial charge in [-0.15, -0.1) is 0 Å². The lowest BCUT2D eigenvalue weighted by atomic mass is 9.70. The van der Waals surface area contributed by atoms with Gasteiger partial charge in [-0.05, 0) is 35.7 Å². The molecule has 2 aliphatic heterocycles. The van der Waals surface area contributed by atoms with Gasteiger partial charge in [-0.2, -0.15) is 10.5 Å². The molecule has 2 aromatic carbocycles. The van der Waals surface area contributed by atoms with Crippen LogP contribution in [0.5, 0.6) is 0 Å². The Hall–Kier alpha value is -3.29. The Kier molecular flexibility index (Phi) is 3.45. The highest BCUT2D eigenvalue weighted by Crippen LogP contribution is 2.64. The molecule has 1 aliphatic carbocycles. The van der Waals surface area contributed by atoms with E-state index in [-0.39, 0.29) is 4.90 Å². The zero-order chi connectivity index (χ0) is 20.4. The molecular weight excluding hydrogens is 384 g/mol. The number of hydrogen-bond donors (Lipinski definition) is 2. The Morgan fingerprint density at radius 1 is 1.07 bits per heavy atom. The van der Waals surface area contributed by atoms with Crippen LogP contribution < -0.4 is 10.6 Å². The van der Waals surface area contributed by atoms with Crippen LogP contribution in [0.2, 0.25) is 0 Å². The van der Waals surface area contributed by atoms with Gasteiger partial charge in [-0.3, -0.25) is 0 Å². The number of nitrogens with zero attached hydrogens (tertiary/aromatic N) is 2. The van der Waals surface area contributed by atoms with Gasteiger partial charge < -0.3 is 10.6 Å². The third-order valence-electron chi connectivity index (χ3n) is 6.47. The molecule has 7 heteroatoms. The van der Waals surface area contributed by atoms with Gasteiger partial charge in [0.2, 0.25) is 0 Å². The molecule has 2 aromatic rings. The molecule has 144 valence electrons. The molecule has 1 fully saturated rings. The third-order valence-corrected chi connectivity index (χ3v) is 7.60. The van der Waals surface area contributed by atoms with E-state index in [0.29, 0.717) is 11.1 Å². The van der Waals surface area contributed by atoms with Gasteiger partial charge in [0.15, 0.2) is 15.3 Å². The predicted molar refractivity (Wildman–Crippen MR) is 108 cm³/mol. The van der Waals surface area contributed by atoms with Crippen LogP contribution in [0.3, 0.4) is 0 Å². The van der Waals surface area contributed by atoms with Crippen molar-refractivity contribution >= 4 is 21.1 Å². The third kappa shape index (κ3) is 2.06. The Balaban J connectivity index is 1.80. The normalized spacial score (nSPS) is 25.8. The summed E-state index contributed by atoms with van der Waals surface area (Å²) in [7, 11) is -3.33. The fourth-order valence-corrected chi connectivity index (χ4v) is 5.93. The van der Waals surface area contributed by atoms with Crippen LogP contribution in [0.25, 0.3) is 5.57 Å². The quantitative estimate of drug-likeness (QED) is 0.800. The molecule has 2 heterocycles. The molecule has 29 heavy (non-hydrogen) atoms. The minimum absolute atomic E-state index is 0.210. The highest BCUT2D eigenvalue weighted by atomic mass is 32.2. The summed E-state index contributed by atoms with van der Waals surface area (Å²) in [6.07, 6.45) is 1.94. The molecule has 1 saturated heterocycles. The van der Waals surface area contributed by atoms with Crippen LogP contribution in [-0.2, 0) is 15.3 Å². The SMILES string of the molecule is CS(=O)(=O)c1ccc(C2=C3NCC[C@]34c3ccccc3N[C@@H]4C2(C#N)C#N)cc1. The average Bonchev–Trinajstić information content (AvgIpc) is 3.34. The lowest BCUT2D eigenvalue weighted by Crippen LogP contribution is -2.44. The fourth-order valence-electron chi connectivity index (χ4n) is 5.30. The minimum Gasteiger partial charge on any atom is -0.387 e. The smallest absolute Gasteiger partial charge is 0.191 e. The number of nitriles is 2. The van der Waals surface area contributed by atoms with E-state index in [4.69, 9.17) is 0 Å². The van der Waals surface area contributed by atoms with E-state index in [1.54, 1.807) is 12.1 Å². The molecule has 1 spiro atoms. The summed E-state index contributed by atoms with van der Waals surface area (Å²) < 4.78 is 23.7. The van der Waals surface area contributed by atoms with E-state index in [0.717, 1.165) is 36.2 Å². The first-order valence-electron chi connectivity index (χ1n) is 9.36. The van der Waals surface area contributed by atoms with Crippen LogP contribution in [0.4, 0.5) is 5.69 Å². The first kappa shape index (κ1) is 17.8. The molecule has 2 N–H and O–H groups in total. The van der Waals surface area contributed by atoms with Gasteiger partial charge in [0, 0.05) is 29.8 Å². The van der Waals surface area contributed by atoms with Gasteiger partial charge in [0.05, 0.1) is 28.5 Å². The van der Waals surface area contributed by atoms with Crippen molar-refractivity contribution < 1.29 is 8.42 Å². The zero-order valence-electron chi connectivity index (χ0n) is 15.7. The maximum absolute atomic E-state index is 11.8. The molecule has 0 bridgehead atoms. The summed E-state index contributed by atoms with van der Waals surface area (Å²) in [6.45, 7) is 0.750. The Morgan fingerprint density at radius 2 is 1.76 bits per heavy atom. The van der Waals surface area contributed by atoms with Gasteiger partial charge >= 0.3 is 0 Å². The van der Waals surface area contributed by atoms with Crippen molar-refractivity contribution in [2.45, 2.75) is 22.8 Å². The first-order valence-corrected chi connectivity index (χ1v) is 11.3. The summed E-state index contributed by atoms with van der Waals surface area (Å²) in [4.78, 5) is 0.210. The lowest BCUT2D eigenvalue weighted by molar-refractivity contribution is 0.416. The summed E-state index contributed by atoms with van der Waals surface area (Å²) in [6, 6.07) is 18.7. The van der Waals surface area contributed by atoms with E-state index < -0.39 is 26.7 Å². The number of benzene rings is 2. The van der Waals surface area contributed by atoms with Gasteiger partial charge in [-0.25, -0.2) is 8.42 Å². The van der Waals surface area contributed by atoms with Crippen molar-refractivity contribution in [2.24, 2.45) is 5.41 Å². The molecule has 0 radical (unpaired) electrons. The van der Waals surface area contributed by atoms with Crippen molar-refractivity contribution in [3.63, 3.8) is 0 Å². The number of sulfone groups is 1. The molecule has 5 rings (SSSR count). The van der Waals surface area contributed by atoms with E-state index in [1.165, 1.54) is 12.1 Å². The number of fused-ring (bicyclic) bond motifs is 1. The highest BCUT2D eigenvalue weighted by Gasteiger charge is 2.68. The van der Waals surface area contributed by atoms with E-state index in [2.05, 4.69) is 28.8 Å². The summed E-state index contributed by atoms with van der Waals surface area (Å²) in [5.41, 5.74) is 2.43. The topological polar surface area (TPSA) is 106 Å². The molecule has 0 saturated carbocycles. The van der Waals surface area contributed by atoms with E-state index in [1.807, 2.05) is 18.2 Å². The van der Waals surface area contributed by atoms with Crippen molar-refractivity contribution in [1.82, 2.24) is 5.32 Å². The van der Waals surface area contributed by atoms with Crippen molar-refractivity contribution in [2.75, 3.05) is 18.1 Å². The van der Waals surface area contributed by atoms with Crippen molar-refractivity contribution in [3.8, 4) is 12.1 Å². The van der Waals surface area contributed by atoms with E-state index >= 15 is 0 Å².